The van der Waals surface area contributed by atoms with Crippen molar-refractivity contribution in [3.63, 3.8) is 0 Å². The van der Waals surface area contributed by atoms with Gasteiger partial charge in [-0.1, -0.05) is 0 Å². The van der Waals surface area contributed by atoms with Gasteiger partial charge in [0.15, 0.2) is 0 Å². The number of aromatic nitrogens is 1. The zero-order valence-corrected chi connectivity index (χ0v) is 18.0. The number of carbonyl (C=O) groups excluding carboxylic acids is 3. The minimum atomic E-state index is -3.00. The van der Waals surface area contributed by atoms with Crippen LogP contribution in [-0.4, -0.2) is 45.3 Å². The number of aryl methyl sites for hydroxylation is 1. The molecular weight excluding hydrogens is 439 g/mol. The number of rotatable bonds is 6. The highest BCUT2D eigenvalue weighted by Gasteiger charge is 2.57. The quantitative estimate of drug-likeness (QED) is 0.453. The molecule has 10 heteroatoms. The molecular formula is C23H24F3N3O4. The molecule has 3 N–H and O–H groups in total. The Morgan fingerprint density at radius 2 is 1.88 bits per heavy atom. The van der Waals surface area contributed by atoms with Crippen LogP contribution in [0.4, 0.5) is 18.9 Å². The molecule has 0 unspecified atom stereocenters. The van der Waals surface area contributed by atoms with E-state index in [0.717, 1.165) is 12.8 Å². The molecule has 0 radical (unpaired) electrons. The predicted octanol–water partition coefficient (Wildman–Crippen LogP) is 2.98. The molecule has 1 aliphatic heterocycles. The number of amides is 2. The first-order valence-corrected chi connectivity index (χ1v) is 10.7. The second-order valence-corrected chi connectivity index (χ2v) is 8.85. The number of aliphatic hydroxyl groups excluding tert-OH is 1. The lowest BCUT2D eigenvalue weighted by Crippen LogP contribution is -2.65. The highest BCUT2D eigenvalue weighted by atomic mass is 19.3. The summed E-state index contributed by atoms with van der Waals surface area (Å²) in [5, 5.41) is 14.4. The van der Waals surface area contributed by atoms with Gasteiger partial charge in [-0.3, -0.25) is 14.4 Å². The first-order chi connectivity index (χ1) is 15.5. The molecule has 1 saturated carbocycles. The van der Waals surface area contributed by atoms with E-state index in [0.29, 0.717) is 29.9 Å². The Bertz CT molecular complexity index is 1130. The van der Waals surface area contributed by atoms with Crippen LogP contribution in [0.1, 0.15) is 57.8 Å². The number of nitrogens with zero attached hydrogens (tertiary/aromatic N) is 1. The summed E-state index contributed by atoms with van der Waals surface area (Å²) >= 11 is 0. The number of hydrogen-bond acceptors (Lipinski definition) is 4. The molecule has 176 valence electrons. The number of anilines is 1. The van der Waals surface area contributed by atoms with Crippen LogP contribution in [-0.2, 0) is 17.8 Å². The van der Waals surface area contributed by atoms with Gasteiger partial charge in [-0.25, -0.2) is 13.2 Å². The first kappa shape index (κ1) is 23.0. The van der Waals surface area contributed by atoms with Crippen LogP contribution < -0.4 is 10.6 Å². The lowest BCUT2D eigenvalue weighted by atomic mass is 9.74. The number of alkyl halides is 2. The fourth-order valence-electron chi connectivity index (χ4n) is 4.57. The molecule has 2 amide bonds. The minimum absolute atomic E-state index is 0.0122. The summed E-state index contributed by atoms with van der Waals surface area (Å²) in [6.07, 6.45) is 0.572. The first-order valence-electron chi connectivity index (χ1n) is 10.7. The molecule has 1 aromatic carbocycles. The molecule has 0 atom stereocenters. The van der Waals surface area contributed by atoms with E-state index in [-0.39, 0.29) is 11.3 Å². The number of carbonyl (C=O) groups is 3. The molecule has 1 aromatic heterocycles. The third-order valence-corrected chi connectivity index (χ3v) is 6.23. The lowest BCUT2D eigenvalue weighted by Gasteiger charge is -2.46. The molecule has 2 heterocycles. The van der Waals surface area contributed by atoms with Gasteiger partial charge in [0.25, 0.3) is 23.5 Å². The second kappa shape index (κ2) is 8.33. The van der Waals surface area contributed by atoms with E-state index < -0.39 is 54.3 Å². The molecule has 1 aliphatic carbocycles. The van der Waals surface area contributed by atoms with E-state index >= 15 is 0 Å². The number of fused-ring (bicyclic) bond motifs is 1. The van der Waals surface area contributed by atoms with Crippen molar-refractivity contribution in [3.05, 3.63) is 52.6 Å². The predicted molar refractivity (Wildman–Crippen MR) is 113 cm³/mol. The maximum absolute atomic E-state index is 13.5. The van der Waals surface area contributed by atoms with Gasteiger partial charge < -0.3 is 20.3 Å². The van der Waals surface area contributed by atoms with Crippen molar-refractivity contribution < 1.29 is 32.7 Å². The van der Waals surface area contributed by atoms with E-state index in [1.54, 1.807) is 11.5 Å². The van der Waals surface area contributed by atoms with Gasteiger partial charge in [0.1, 0.15) is 5.82 Å². The Hall–Kier alpha value is -3.14. The van der Waals surface area contributed by atoms with E-state index in [1.165, 1.54) is 24.3 Å². The summed E-state index contributed by atoms with van der Waals surface area (Å²) in [5.41, 5.74) is 0.0194. The average Bonchev–Trinajstić information content (AvgIpc) is 3.14. The van der Waals surface area contributed by atoms with Crippen LogP contribution in [0.5, 0.6) is 0 Å². The molecule has 7 nitrogen and oxygen atoms in total. The molecule has 0 bridgehead atoms. The minimum Gasteiger partial charge on any atom is -0.394 e. The van der Waals surface area contributed by atoms with Crippen LogP contribution in [0.3, 0.4) is 0 Å². The number of Topliss-reactive ketones (excluding diaryl/α,β-unsaturated/α-hetero) is 1. The second-order valence-electron chi connectivity index (χ2n) is 8.85. The van der Waals surface area contributed by atoms with Crippen molar-refractivity contribution in [3.8, 4) is 0 Å². The van der Waals surface area contributed by atoms with Gasteiger partial charge in [0.2, 0.25) is 0 Å². The molecule has 2 aromatic rings. The third-order valence-electron chi connectivity index (χ3n) is 6.23. The monoisotopic (exact) mass is 463 g/mol. The van der Waals surface area contributed by atoms with Crippen LogP contribution in [0.25, 0.3) is 0 Å². The highest BCUT2D eigenvalue weighted by Crippen LogP contribution is 2.45. The number of ketones is 1. The van der Waals surface area contributed by atoms with E-state index in [4.69, 9.17) is 0 Å². The van der Waals surface area contributed by atoms with Crippen molar-refractivity contribution in [1.29, 1.82) is 0 Å². The third kappa shape index (κ3) is 4.39. The zero-order valence-electron chi connectivity index (χ0n) is 18.0. The summed E-state index contributed by atoms with van der Waals surface area (Å²) in [7, 11) is 0. The highest BCUT2D eigenvalue weighted by molar-refractivity contribution is 6.42. The van der Waals surface area contributed by atoms with Crippen molar-refractivity contribution in [1.82, 2.24) is 9.88 Å². The van der Waals surface area contributed by atoms with Gasteiger partial charge >= 0.3 is 0 Å². The number of benzene rings is 1. The van der Waals surface area contributed by atoms with Crippen LogP contribution in [0.2, 0.25) is 0 Å². The zero-order chi connectivity index (χ0) is 24.0. The smallest absolute Gasteiger partial charge is 0.294 e. The van der Waals surface area contributed by atoms with Crippen LogP contribution >= 0.6 is 0 Å². The fraction of sp³-hybridized carbons (Fsp3) is 0.435. The van der Waals surface area contributed by atoms with Crippen molar-refractivity contribution >= 4 is 23.3 Å². The molecule has 2 aliphatic rings. The number of halogens is 3. The standard InChI is InChI=1S/C23H24F3N3O4/c1-13-8-14(5-6-16(13)24)27-20(32)15-9-18(29-7-3-2-4-17(15)29)19(31)21(33)28-22(12-30)10-23(25,26)11-22/h5-6,8-9,30H,2-4,7,10-12H2,1H3,(H,27,32)(H,28,33). The van der Waals surface area contributed by atoms with Gasteiger partial charge in [-0.2, -0.15) is 0 Å². The molecule has 33 heavy (non-hydrogen) atoms. The molecule has 4 rings (SSSR count). The number of nitrogens with one attached hydrogen (secondary N) is 2. The molecule has 0 spiro atoms. The molecule has 1 fully saturated rings. The number of aliphatic hydroxyl groups is 1. The average molecular weight is 463 g/mol. The topological polar surface area (TPSA) is 100 Å². The normalized spacial score (nSPS) is 18.1. The van der Waals surface area contributed by atoms with E-state index in [9.17, 15) is 32.7 Å². The van der Waals surface area contributed by atoms with Crippen LogP contribution in [0.15, 0.2) is 24.3 Å². The van der Waals surface area contributed by atoms with Crippen molar-refractivity contribution in [2.24, 2.45) is 0 Å². The summed E-state index contributed by atoms with van der Waals surface area (Å²) in [6, 6.07) is 5.47. The summed E-state index contributed by atoms with van der Waals surface area (Å²) in [6.45, 7) is 1.28. The Kier molecular flexibility index (Phi) is 5.81. The van der Waals surface area contributed by atoms with E-state index in [1.807, 2.05) is 0 Å². The Balaban J connectivity index is 1.58. The van der Waals surface area contributed by atoms with Gasteiger partial charge in [-0.15, -0.1) is 0 Å². The Morgan fingerprint density at radius 1 is 1.15 bits per heavy atom. The van der Waals surface area contributed by atoms with Gasteiger partial charge in [0, 0.05) is 30.8 Å². The summed E-state index contributed by atoms with van der Waals surface area (Å²) in [5.74, 6) is -5.98. The largest absolute Gasteiger partial charge is 0.394 e. The molecule has 0 saturated heterocycles. The van der Waals surface area contributed by atoms with Crippen molar-refractivity contribution in [2.75, 3.05) is 11.9 Å². The van der Waals surface area contributed by atoms with Gasteiger partial charge in [-0.05, 0) is 56.0 Å². The maximum Gasteiger partial charge on any atom is 0.294 e. The van der Waals surface area contributed by atoms with Gasteiger partial charge in [0.05, 0.1) is 23.4 Å². The SMILES string of the molecule is Cc1cc(NC(=O)c2cc(C(=O)C(=O)NC3(CO)CC(F)(F)C3)n3c2CCCC3)ccc1F. The number of hydrogen-bond donors (Lipinski definition) is 3. The van der Waals surface area contributed by atoms with Crippen LogP contribution in [0, 0.1) is 12.7 Å². The summed E-state index contributed by atoms with van der Waals surface area (Å²) < 4.78 is 41.8. The fourth-order valence-corrected chi connectivity index (χ4v) is 4.57. The lowest BCUT2D eigenvalue weighted by molar-refractivity contribution is -0.154. The maximum atomic E-state index is 13.5. The van der Waals surface area contributed by atoms with Crippen molar-refractivity contribution in [2.45, 2.75) is 57.0 Å². The van der Waals surface area contributed by atoms with E-state index in [2.05, 4.69) is 10.6 Å². The Morgan fingerprint density at radius 3 is 2.52 bits per heavy atom. The Labute approximate surface area is 188 Å². The summed E-state index contributed by atoms with van der Waals surface area (Å²) in [4.78, 5) is 38.4.